The maximum atomic E-state index is 3.56. The fourth-order valence-electron chi connectivity index (χ4n) is 2.74. The van der Waals surface area contributed by atoms with E-state index >= 15 is 0 Å². The molecule has 0 saturated carbocycles. The van der Waals surface area contributed by atoms with Crippen molar-refractivity contribution < 1.29 is 0 Å². The van der Waals surface area contributed by atoms with E-state index in [0.29, 0.717) is 6.04 Å². The van der Waals surface area contributed by atoms with Gasteiger partial charge in [0.25, 0.3) is 0 Å². The Kier molecular flexibility index (Phi) is 2.32. The molecule has 3 heteroatoms. The Hall–Kier alpha value is -0.380. The fraction of sp³-hybridized carbons (Fsp3) is 0.636. The van der Waals surface area contributed by atoms with Crippen LogP contribution in [0.3, 0.4) is 0 Å². The first-order chi connectivity index (χ1) is 6.95. The van der Waals surface area contributed by atoms with Crippen LogP contribution in [-0.2, 0) is 0 Å². The second-order valence-electron chi connectivity index (χ2n) is 4.22. The van der Waals surface area contributed by atoms with E-state index in [0.717, 1.165) is 12.6 Å². The summed E-state index contributed by atoms with van der Waals surface area (Å²) in [7, 11) is 0. The Morgan fingerprint density at radius 2 is 2.43 bits per heavy atom. The highest BCUT2D eigenvalue weighted by Crippen LogP contribution is 2.33. The molecule has 0 aromatic carbocycles. The van der Waals surface area contributed by atoms with Crippen molar-refractivity contribution in [3.63, 3.8) is 0 Å². The topological polar surface area (TPSA) is 15.3 Å². The van der Waals surface area contributed by atoms with Gasteiger partial charge in [-0.25, -0.2) is 0 Å². The molecular weight excluding hydrogens is 192 g/mol. The van der Waals surface area contributed by atoms with Crippen LogP contribution < -0.4 is 5.32 Å². The Balaban J connectivity index is 1.84. The minimum absolute atomic E-state index is 0.649. The summed E-state index contributed by atoms with van der Waals surface area (Å²) in [6.45, 7) is 3.63. The summed E-state index contributed by atoms with van der Waals surface area (Å²) in [5.41, 5.74) is 0. The van der Waals surface area contributed by atoms with Gasteiger partial charge < -0.3 is 5.32 Å². The maximum Gasteiger partial charge on any atom is 0.0569 e. The average Bonchev–Trinajstić information content (AvgIpc) is 2.88. The van der Waals surface area contributed by atoms with E-state index in [1.54, 1.807) is 0 Å². The molecule has 1 N–H and O–H groups in total. The summed E-state index contributed by atoms with van der Waals surface area (Å²) in [4.78, 5) is 4.23. The molecule has 76 valence electrons. The number of nitrogens with zero attached hydrogens (tertiary/aromatic N) is 1. The molecular formula is C11H16N2S. The lowest BCUT2D eigenvalue weighted by Gasteiger charge is -2.37. The summed E-state index contributed by atoms with van der Waals surface area (Å²) >= 11 is 1.90. The third-order valence-electron chi connectivity index (χ3n) is 3.41. The van der Waals surface area contributed by atoms with Crippen molar-refractivity contribution in [2.75, 3.05) is 19.6 Å². The normalized spacial score (nSPS) is 33.1. The molecule has 1 aromatic rings. The Morgan fingerprint density at radius 1 is 1.43 bits per heavy atom. The zero-order valence-electron chi connectivity index (χ0n) is 8.28. The standard InChI is InChI=1S/C11H16N2S/c1-3-9-7-12-8-10(13(9)5-1)11-4-2-6-14-11/h2,4,6,9-10,12H,1,3,5,7-8H2. The van der Waals surface area contributed by atoms with Crippen molar-refractivity contribution in [2.45, 2.75) is 24.9 Å². The van der Waals surface area contributed by atoms with Gasteiger partial charge in [-0.3, -0.25) is 4.90 Å². The molecule has 2 saturated heterocycles. The lowest BCUT2D eigenvalue weighted by atomic mass is 10.1. The molecule has 2 atom stereocenters. The lowest BCUT2D eigenvalue weighted by Crippen LogP contribution is -2.49. The molecule has 2 aliphatic heterocycles. The molecule has 0 aliphatic carbocycles. The predicted octanol–water partition coefficient (Wildman–Crippen LogP) is 1.86. The van der Waals surface area contributed by atoms with Crippen LogP contribution in [0, 0.1) is 0 Å². The van der Waals surface area contributed by atoms with Gasteiger partial charge in [0.15, 0.2) is 0 Å². The summed E-state index contributed by atoms with van der Waals surface area (Å²) in [5.74, 6) is 0. The van der Waals surface area contributed by atoms with Crippen LogP contribution in [0.5, 0.6) is 0 Å². The van der Waals surface area contributed by atoms with Crippen LogP contribution in [0.25, 0.3) is 0 Å². The largest absolute Gasteiger partial charge is 0.313 e. The number of hydrogen-bond donors (Lipinski definition) is 1. The van der Waals surface area contributed by atoms with E-state index in [9.17, 15) is 0 Å². The van der Waals surface area contributed by atoms with E-state index < -0.39 is 0 Å². The van der Waals surface area contributed by atoms with Crippen molar-refractivity contribution in [1.82, 2.24) is 10.2 Å². The van der Waals surface area contributed by atoms with Crippen LogP contribution in [0.15, 0.2) is 17.5 Å². The second kappa shape index (κ2) is 3.65. The van der Waals surface area contributed by atoms with Crippen molar-refractivity contribution in [2.24, 2.45) is 0 Å². The molecule has 2 fully saturated rings. The van der Waals surface area contributed by atoms with Crippen LogP contribution in [0.2, 0.25) is 0 Å². The van der Waals surface area contributed by atoms with Gasteiger partial charge >= 0.3 is 0 Å². The number of nitrogens with one attached hydrogen (secondary N) is 1. The highest BCUT2D eigenvalue weighted by atomic mass is 32.1. The van der Waals surface area contributed by atoms with Crippen molar-refractivity contribution in [1.29, 1.82) is 0 Å². The molecule has 0 radical (unpaired) electrons. The quantitative estimate of drug-likeness (QED) is 0.758. The van der Waals surface area contributed by atoms with E-state index in [1.165, 1.54) is 30.8 Å². The first-order valence-electron chi connectivity index (χ1n) is 5.45. The first-order valence-corrected chi connectivity index (χ1v) is 6.33. The molecule has 2 nitrogen and oxygen atoms in total. The molecule has 14 heavy (non-hydrogen) atoms. The van der Waals surface area contributed by atoms with Gasteiger partial charge in [0.1, 0.15) is 0 Å². The Labute approximate surface area is 88.9 Å². The second-order valence-corrected chi connectivity index (χ2v) is 5.20. The van der Waals surface area contributed by atoms with Gasteiger partial charge in [0.2, 0.25) is 0 Å². The molecule has 1 aromatic heterocycles. The van der Waals surface area contributed by atoms with Gasteiger partial charge in [0.05, 0.1) is 6.04 Å². The number of hydrogen-bond acceptors (Lipinski definition) is 3. The number of rotatable bonds is 1. The van der Waals surface area contributed by atoms with Crippen molar-refractivity contribution in [3.05, 3.63) is 22.4 Å². The highest BCUT2D eigenvalue weighted by molar-refractivity contribution is 7.10. The maximum absolute atomic E-state index is 3.56. The van der Waals surface area contributed by atoms with Gasteiger partial charge in [-0.15, -0.1) is 11.3 Å². The van der Waals surface area contributed by atoms with Gasteiger partial charge in [0, 0.05) is 24.0 Å². The number of fused-ring (bicyclic) bond motifs is 1. The van der Waals surface area contributed by atoms with Crippen LogP contribution in [-0.4, -0.2) is 30.6 Å². The molecule has 3 rings (SSSR count). The van der Waals surface area contributed by atoms with Crippen LogP contribution >= 0.6 is 11.3 Å². The monoisotopic (exact) mass is 208 g/mol. The zero-order valence-corrected chi connectivity index (χ0v) is 9.09. The van der Waals surface area contributed by atoms with Crippen LogP contribution in [0.4, 0.5) is 0 Å². The average molecular weight is 208 g/mol. The van der Waals surface area contributed by atoms with E-state index in [4.69, 9.17) is 0 Å². The number of piperazine rings is 1. The first kappa shape index (κ1) is 8.89. The summed E-state index contributed by atoms with van der Waals surface area (Å²) in [5, 5.41) is 5.75. The third-order valence-corrected chi connectivity index (χ3v) is 4.39. The smallest absolute Gasteiger partial charge is 0.0569 e. The summed E-state index contributed by atoms with van der Waals surface area (Å²) in [6.07, 6.45) is 2.77. The SMILES string of the molecule is c1csc(C2CNCC3CCCN32)c1. The molecule has 0 amide bonds. The Bertz CT molecular complexity index is 296. The minimum Gasteiger partial charge on any atom is -0.313 e. The summed E-state index contributed by atoms with van der Waals surface area (Å²) < 4.78 is 0. The molecule has 0 spiro atoms. The molecule has 2 unspecified atom stereocenters. The Morgan fingerprint density at radius 3 is 3.29 bits per heavy atom. The predicted molar refractivity (Wildman–Crippen MR) is 59.7 cm³/mol. The lowest BCUT2D eigenvalue weighted by molar-refractivity contribution is 0.140. The van der Waals surface area contributed by atoms with E-state index in [1.807, 2.05) is 11.3 Å². The van der Waals surface area contributed by atoms with Gasteiger partial charge in [-0.2, -0.15) is 0 Å². The number of thiophene rings is 1. The van der Waals surface area contributed by atoms with Crippen molar-refractivity contribution in [3.8, 4) is 0 Å². The molecule has 3 heterocycles. The summed E-state index contributed by atoms with van der Waals surface area (Å²) in [6, 6.07) is 5.89. The molecule has 2 aliphatic rings. The third kappa shape index (κ3) is 1.40. The molecule has 0 bridgehead atoms. The van der Waals surface area contributed by atoms with E-state index in [-0.39, 0.29) is 0 Å². The minimum atomic E-state index is 0.649. The van der Waals surface area contributed by atoms with Gasteiger partial charge in [-0.05, 0) is 30.8 Å². The highest BCUT2D eigenvalue weighted by Gasteiger charge is 2.34. The van der Waals surface area contributed by atoms with E-state index in [2.05, 4.69) is 27.7 Å². The van der Waals surface area contributed by atoms with Crippen LogP contribution in [0.1, 0.15) is 23.8 Å². The van der Waals surface area contributed by atoms with Gasteiger partial charge in [-0.1, -0.05) is 6.07 Å². The van der Waals surface area contributed by atoms with Crippen molar-refractivity contribution >= 4 is 11.3 Å². The fourth-order valence-corrected chi connectivity index (χ4v) is 3.58. The zero-order chi connectivity index (χ0) is 9.38.